The lowest BCUT2D eigenvalue weighted by Gasteiger charge is -2.28. The molecule has 0 aromatic heterocycles. The smallest absolute Gasteiger partial charge is 0.0491 e. The summed E-state index contributed by atoms with van der Waals surface area (Å²) in [5, 5.41) is 4.89. The number of fused-ring (bicyclic) bond motifs is 2. The Morgan fingerprint density at radius 3 is 0.698 bits per heavy atom. The van der Waals surface area contributed by atoms with E-state index < -0.39 is 0 Å². The van der Waals surface area contributed by atoms with Crippen LogP contribution < -0.4 is 19.6 Å². The molecule has 4 nitrogen and oxygen atoms in total. The molecule has 410 valence electrons. The molecule has 0 aliphatic heterocycles. The summed E-state index contributed by atoms with van der Waals surface area (Å²) in [6.07, 6.45) is 0. The first kappa shape index (κ1) is 52.8. The van der Waals surface area contributed by atoms with Gasteiger partial charge in [-0.15, -0.1) is 0 Å². The summed E-state index contributed by atoms with van der Waals surface area (Å²) in [6.45, 7) is 4.45. The predicted octanol–water partition coefficient (Wildman–Crippen LogP) is 23.5. The monoisotopic (exact) mass is 1100 g/mol. The molecular weight excluding hydrogens is 1040 g/mol. The lowest BCUT2D eigenvalue weighted by atomic mass is 9.98. The van der Waals surface area contributed by atoms with E-state index in [4.69, 9.17) is 0 Å². The first-order valence-corrected chi connectivity index (χ1v) is 29.5. The van der Waals surface area contributed by atoms with Crippen molar-refractivity contribution in [1.29, 1.82) is 0 Å². The average Bonchev–Trinajstić information content (AvgIpc) is 3.46. The second-order valence-electron chi connectivity index (χ2n) is 21.9. The second kappa shape index (κ2) is 23.6. The van der Waals surface area contributed by atoms with Gasteiger partial charge in [0.05, 0.1) is 0 Å². The van der Waals surface area contributed by atoms with Gasteiger partial charge in [-0.2, -0.15) is 0 Å². The van der Waals surface area contributed by atoms with Crippen molar-refractivity contribution in [3.05, 3.63) is 351 Å². The molecule has 14 aromatic rings. The van der Waals surface area contributed by atoms with Crippen LogP contribution in [0.4, 0.5) is 68.2 Å². The Balaban J connectivity index is 0.716. The van der Waals surface area contributed by atoms with Crippen LogP contribution in [0.25, 0.3) is 54.9 Å². The Morgan fingerprint density at radius 1 is 0.163 bits per heavy atom. The molecule has 0 amide bonds. The van der Waals surface area contributed by atoms with E-state index in [1.165, 1.54) is 43.8 Å². The Morgan fingerprint density at radius 2 is 0.395 bits per heavy atom. The molecule has 86 heavy (non-hydrogen) atoms. The fourth-order valence-corrected chi connectivity index (χ4v) is 12.1. The van der Waals surface area contributed by atoms with Crippen LogP contribution in [0.1, 0.15) is 11.1 Å². The lowest BCUT2D eigenvalue weighted by molar-refractivity contribution is 1.24. The molecule has 0 saturated carbocycles. The fraction of sp³-hybridized carbons (Fsp3) is 0.0244. The summed E-state index contributed by atoms with van der Waals surface area (Å²) in [5.41, 5.74) is 22.7. The molecular formula is C82H62N4. The maximum Gasteiger partial charge on any atom is 0.0491 e. The molecule has 0 N–H and O–H groups in total. The van der Waals surface area contributed by atoms with Gasteiger partial charge in [-0.3, -0.25) is 0 Å². The van der Waals surface area contributed by atoms with Crippen molar-refractivity contribution in [2.24, 2.45) is 0 Å². The van der Waals surface area contributed by atoms with Gasteiger partial charge in [0.15, 0.2) is 0 Å². The highest BCUT2D eigenvalue weighted by Crippen LogP contribution is 2.44. The molecule has 0 spiro atoms. The highest BCUT2D eigenvalue weighted by Gasteiger charge is 2.20. The Labute approximate surface area is 504 Å². The summed E-state index contributed by atoms with van der Waals surface area (Å²) in [6, 6.07) is 123. The van der Waals surface area contributed by atoms with Crippen LogP contribution in [0.5, 0.6) is 0 Å². The number of benzene rings is 14. The van der Waals surface area contributed by atoms with Crippen molar-refractivity contribution < 1.29 is 0 Å². The van der Waals surface area contributed by atoms with Crippen LogP contribution in [0, 0.1) is 13.8 Å². The second-order valence-corrected chi connectivity index (χ2v) is 21.9. The number of para-hydroxylation sites is 4. The molecule has 0 radical (unpaired) electrons. The Bertz CT molecular complexity index is 4330. The summed E-state index contributed by atoms with van der Waals surface area (Å²) in [7, 11) is 0. The van der Waals surface area contributed by atoms with Gasteiger partial charge in [-0.05, 0) is 225 Å². The van der Waals surface area contributed by atoms with Gasteiger partial charge in [0.25, 0.3) is 0 Å². The topological polar surface area (TPSA) is 13.0 Å². The molecule has 14 aromatic carbocycles. The molecule has 0 atom stereocenters. The zero-order valence-corrected chi connectivity index (χ0v) is 48.1. The molecule has 4 heteroatoms. The van der Waals surface area contributed by atoms with Gasteiger partial charge in [-0.25, -0.2) is 0 Å². The van der Waals surface area contributed by atoms with E-state index in [9.17, 15) is 0 Å². The van der Waals surface area contributed by atoms with Gasteiger partial charge in [0.2, 0.25) is 0 Å². The van der Waals surface area contributed by atoms with E-state index in [0.29, 0.717) is 0 Å². The minimum atomic E-state index is 1.09. The Kier molecular flexibility index (Phi) is 14.5. The van der Waals surface area contributed by atoms with Gasteiger partial charge in [0, 0.05) is 68.2 Å². The molecule has 0 aliphatic rings. The third kappa shape index (κ3) is 10.8. The lowest BCUT2D eigenvalue weighted by Crippen LogP contribution is -2.11. The van der Waals surface area contributed by atoms with Crippen molar-refractivity contribution in [3.63, 3.8) is 0 Å². The standard InChI is InChI=1S/C82H62N4/c1-59-55-69(41-53-81(59)85(73-27-11-5-12-28-73)77-47-35-65(36-48-77)63-31-43-75(44-32-63)83(71-23-7-3-8-24-71)79-51-39-61-19-15-17-21-67(61)57-79)70-42-54-82(60(2)56-70)86(74-29-13-6-14-30-74)78-49-37-66(38-50-78)64-33-45-76(46-34-64)84(72-25-9-4-10-26-72)80-52-40-62-20-16-18-22-68(62)58-80/h3-58H,1-2H3. The van der Waals surface area contributed by atoms with Crippen LogP contribution in [0.3, 0.4) is 0 Å². The number of hydrogen-bond donors (Lipinski definition) is 0. The van der Waals surface area contributed by atoms with E-state index in [2.05, 4.69) is 373 Å². The van der Waals surface area contributed by atoms with Gasteiger partial charge >= 0.3 is 0 Å². The molecule has 0 aliphatic carbocycles. The van der Waals surface area contributed by atoms with Crippen LogP contribution in [-0.2, 0) is 0 Å². The fourth-order valence-electron chi connectivity index (χ4n) is 12.1. The Hall–Kier alpha value is -11.2. The van der Waals surface area contributed by atoms with Crippen molar-refractivity contribution >= 4 is 89.8 Å². The van der Waals surface area contributed by atoms with Crippen LogP contribution >= 0.6 is 0 Å². The van der Waals surface area contributed by atoms with Crippen molar-refractivity contribution in [2.45, 2.75) is 13.8 Å². The molecule has 0 fully saturated rings. The summed E-state index contributed by atoms with van der Waals surface area (Å²) in [5.74, 6) is 0. The highest BCUT2D eigenvalue weighted by molar-refractivity contribution is 5.92. The molecule has 0 unspecified atom stereocenters. The zero-order valence-electron chi connectivity index (χ0n) is 48.1. The largest absolute Gasteiger partial charge is 0.310 e. The van der Waals surface area contributed by atoms with E-state index >= 15 is 0 Å². The molecule has 0 saturated heterocycles. The maximum atomic E-state index is 2.37. The quantitative estimate of drug-likeness (QED) is 0.101. The average molecular weight is 1100 g/mol. The van der Waals surface area contributed by atoms with E-state index in [-0.39, 0.29) is 0 Å². The van der Waals surface area contributed by atoms with E-state index in [1.807, 2.05) is 0 Å². The van der Waals surface area contributed by atoms with Gasteiger partial charge < -0.3 is 19.6 Å². The van der Waals surface area contributed by atoms with E-state index in [1.54, 1.807) is 0 Å². The number of nitrogens with zero attached hydrogens (tertiary/aromatic N) is 4. The van der Waals surface area contributed by atoms with Crippen molar-refractivity contribution in [3.8, 4) is 33.4 Å². The van der Waals surface area contributed by atoms with Gasteiger partial charge in [0.1, 0.15) is 0 Å². The van der Waals surface area contributed by atoms with E-state index in [0.717, 1.165) is 90.5 Å². The minimum Gasteiger partial charge on any atom is -0.310 e. The number of anilines is 12. The normalized spacial score (nSPS) is 11.1. The third-order valence-electron chi connectivity index (χ3n) is 16.4. The summed E-state index contributed by atoms with van der Waals surface area (Å²) in [4.78, 5) is 9.39. The van der Waals surface area contributed by atoms with Crippen LogP contribution in [0.15, 0.2) is 340 Å². The van der Waals surface area contributed by atoms with Gasteiger partial charge in [-0.1, -0.05) is 194 Å². The first-order chi connectivity index (χ1) is 42.5. The summed E-state index contributed by atoms with van der Waals surface area (Å²) >= 11 is 0. The SMILES string of the molecule is Cc1cc(-c2ccc(N(c3ccccc3)c3ccc(-c4ccc(N(c5ccccc5)c5ccc6ccccc6c5)cc4)cc3)c(C)c2)ccc1N(c1ccccc1)c1ccc(-c2ccc(N(c3ccccc3)c3ccc4ccccc4c3)cc2)cc1. The molecule has 14 rings (SSSR count). The maximum absolute atomic E-state index is 2.37. The summed E-state index contributed by atoms with van der Waals surface area (Å²) < 4.78 is 0. The molecule has 0 heterocycles. The molecule has 0 bridgehead atoms. The van der Waals surface area contributed by atoms with Crippen molar-refractivity contribution in [1.82, 2.24) is 0 Å². The number of rotatable bonds is 15. The zero-order chi connectivity index (χ0) is 57.8. The predicted molar refractivity (Wildman–Crippen MR) is 366 cm³/mol. The number of hydrogen-bond acceptors (Lipinski definition) is 4. The third-order valence-corrected chi connectivity index (χ3v) is 16.4. The minimum absolute atomic E-state index is 1.09. The number of aryl methyl sites for hydroxylation is 2. The van der Waals surface area contributed by atoms with Crippen LogP contribution in [-0.4, -0.2) is 0 Å². The van der Waals surface area contributed by atoms with Crippen molar-refractivity contribution in [2.75, 3.05) is 19.6 Å². The highest BCUT2D eigenvalue weighted by atomic mass is 15.2. The van der Waals surface area contributed by atoms with Crippen LogP contribution in [0.2, 0.25) is 0 Å². The first-order valence-electron chi connectivity index (χ1n) is 29.5.